The molecule has 0 atom stereocenters. The Labute approximate surface area is 172 Å². The number of nitrogens with one attached hydrogen (secondary N) is 1. The van der Waals surface area contributed by atoms with E-state index in [2.05, 4.69) is 10.3 Å². The average molecular weight is 424 g/mol. The van der Waals surface area contributed by atoms with Crippen LogP contribution in [-0.4, -0.2) is 25.8 Å². The van der Waals surface area contributed by atoms with Gasteiger partial charge in [-0.1, -0.05) is 6.07 Å². The third kappa shape index (κ3) is 3.26. The van der Waals surface area contributed by atoms with Gasteiger partial charge < -0.3 is 10.4 Å². The molecule has 0 saturated carbocycles. The number of anilines is 1. The second-order valence-electron chi connectivity index (χ2n) is 6.45. The summed E-state index contributed by atoms with van der Waals surface area (Å²) in [6.07, 6.45) is 1.32. The maximum Gasteiger partial charge on any atom is 0.318 e. The predicted molar refractivity (Wildman–Crippen MR) is 110 cm³/mol. The van der Waals surface area contributed by atoms with Crippen molar-refractivity contribution in [3.63, 3.8) is 0 Å². The molecule has 0 spiro atoms. The van der Waals surface area contributed by atoms with E-state index in [4.69, 9.17) is 0 Å². The van der Waals surface area contributed by atoms with Crippen molar-refractivity contribution in [1.29, 1.82) is 0 Å². The molecule has 1 aliphatic rings. The normalized spacial score (nSPS) is 13.9. The first-order valence-corrected chi connectivity index (χ1v) is 9.38. The molecule has 2 aromatic carbocycles. The van der Waals surface area contributed by atoms with Gasteiger partial charge in [0.1, 0.15) is 0 Å². The summed E-state index contributed by atoms with van der Waals surface area (Å²) in [5.74, 6) is -1.49. The van der Waals surface area contributed by atoms with Crippen molar-refractivity contribution in [2.75, 3.05) is 5.32 Å². The van der Waals surface area contributed by atoms with Gasteiger partial charge in [-0.2, -0.15) is 0 Å². The van der Waals surface area contributed by atoms with Crippen molar-refractivity contribution in [3.05, 3.63) is 72.1 Å². The molecule has 1 aliphatic heterocycles. The van der Waals surface area contributed by atoms with E-state index in [1.807, 2.05) is 18.4 Å². The molecule has 0 bridgehead atoms. The fourth-order valence-electron chi connectivity index (χ4n) is 3.14. The highest BCUT2D eigenvalue weighted by molar-refractivity contribution is 7.09. The smallest absolute Gasteiger partial charge is 0.318 e. The number of carbonyl (C=O) groups excluding carboxylic acids is 1. The lowest BCUT2D eigenvalue weighted by Gasteiger charge is -2.04. The molecule has 0 saturated heterocycles. The molecule has 11 heteroatoms. The first-order valence-electron chi connectivity index (χ1n) is 8.50. The van der Waals surface area contributed by atoms with Crippen LogP contribution in [0.3, 0.4) is 0 Å². The minimum absolute atomic E-state index is 0.0408. The van der Waals surface area contributed by atoms with Crippen molar-refractivity contribution in [2.45, 2.75) is 6.92 Å². The van der Waals surface area contributed by atoms with E-state index in [1.165, 1.54) is 17.4 Å². The van der Waals surface area contributed by atoms with E-state index in [9.17, 15) is 30.1 Å². The van der Waals surface area contributed by atoms with Crippen LogP contribution in [0.25, 0.3) is 22.9 Å². The Morgan fingerprint density at radius 1 is 1.13 bits per heavy atom. The van der Waals surface area contributed by atoms with Crippen molar-refractivity contribution in [1.82, 2.24) is 4.98 Å². The van der Waals surface area contributed by atoms with Gasteiger partial charge in [0.15, 0.2) is 0 Å². The Balaban J connectivity index is 1.85. The largest absolute Gasteiger partial charge is 0.497 e. The van der Waals surface area contributed by atoms with Gasteiger partial charge in [0, 0.05) is 39.9 Å². The predicted octanol–water partition coefficient (Wildman–Crippen LogP) is 4.13. The van der Waals surface area contributed by atoms with Gasteiger partial charge in [-0.15, -0.1) is 11.3 Å². The van der Waals surface area contributed by atoms with E-state index < -0.39 is 32.9 Å². The number of nitrogens with zero attached hydrogens (tertiary/aromatic N) is 3. The highest BCUT2D eigenvalue weighted by atomic mass is 32.1. The molecule has 10 nitrogen and oxygen atoms in total. The standard InChI is InChI=1S/C19H12N4O6S/c1-9-20-15(8-30-9)11-2-3-14-12(7-11)13(19(25)21-14)4-10-5-16(22(26)27)18(24)17(6-10)23(28)29/h2-8,24H,1H3,(H,21,25)/b13-4-. The molecule has 2 N–H and O–H groups in total. The summed E-state index contributed by atoms with van der Waals surface area (Å²) in [4.78, 5) is 37.4. The zero-order valence-electron chi connectivity index (χ0n) is 15.3. The molecule has 0 fully saturated rings. The molecule has 0 radical (unpaired) electrons. The summed E-state index contributed by atoms with van der Waals surface area (Å²) in [6.45, 7) is 1.88. The topological polar surface area (TPSA) is 148 Å². The number of aryl methyl sites for hydroxylation is 1. The van der Waals surface area contributed by atoms with E-state index in [0.717, 1.165) is 28.4 Å². The molecule has 1 aromatic heterocycles. The van der Waals surface area contributed by atoms with Gasteiger partial charge in [0.2, 0.25) is 0 Å². The molecule has 0 unspecified atom stereocenters. The lowest BCUT2D eigenvalue weighted by molar-refractivity contribution is -0.396. The molecular weight excluding hydrogens is 412 g/mol. The molecule has 2 heterocycles. The number of benzene rings is 2. The van der Waals surface area contributed by atoms with Crippen LogP contribution < -0.4 is 5.32 Å². The molecule has 4 rings (SSSR count). The van der Waals surface area contributed by atoms with Crippen molar-refractivity contribution < 1.29 is 19.7 Å². The van der Waals surface area contributed by atoms with Gasteiger partial charge in [0.25, 0.3) is 11.7 Å². The van der Waals surface area contributed by atoms with Gasteiger partial charge >= 0.3 is 11.4 Å². The van der Waals surface area contributed by atoms with Crippen LogP contribution in [0, 0.1) is 27.2 Å². The third-order valence-electron chi connectivity index (χ3n) is 4.51. The number of rotatable bonds is 4. The quantitative estimate of drug-likeness (QED) is 0.363. The van der Waals surface area contributed by atoms with Gasteiger partial charge in [0.05, 0.1) is 20.5 Å². The lowest BCUT2D eigenvalue weighted by Crippen LogP contribution is -2.03. The minimum atomic E-state index is -1.04. The maximum absolute atomic E-state index is 12.5. The first kappa shape index (κ1) is 19.2. The second-order valence-corrected chi connectivity index (χ2v) is 7.51. The van der Waals surface area contributed by atoms with Gasteiger partial charge in [-0.05, 0) is 30.7 Å². The summed E-state index contributed by atoms with van der Waals surface area (Å²) in [6, 6.07) is 7.26. The summed E-state index contributed by atoms with van der Waals surface area (Å²) >= 11 is 1.49. The van der Waals surface area contributed by atoms with Crippen LogP contribution in [0.2, 0.25) is 0 Å². The number of aromatic hydroxyl groups is 1. The number of nitro groups is 2. The fourth-order valence-corrected chi connectivity index (χ4v) is 3.76. The van der Waals surface area contributed by atoms with Crippen molar-refractivity contribution >= 4 is 46.0 Å². The van der Waals surface area contributed by atoms with Crippen LogP contribution in [0.1, 0.15) is 16.1 Å². The van der Waals surface area contributed by atoms with E-state index >= 15 is 0 Å². The molecule has 30 heavy (non-hydrogen) atoms. The Morgan fingerprint density at radius 3 is 2.37 bits per heavy atom. The minimum Gasteiger partial charge on any atom is -0.497 e. The maximum atomic E-state index is 12.5. The third-order valence-corrected chi connectivity index (χ3v) is 5.29. The number of hydrogen-bond acceptors (Lipinski definition) is 8. The van der Waals surface area contributed by atoms with E-state index in [-0.39, 0.29) is 11.1 Å². The number of fused-ring (bicyclic) bond motifs is 1. The molecular formula is C19H12N4O6S. The number of phenols is 1. The molecule has 150 valence electrons. The van der Waals surface area contributed by atoms with Crippen LogP contribution in [0.15, 0.2) is 35.7 Å². The highest BCUT2D eigenvalue weighted by Crippen LogP contribution is 2.40. The van der Waals surface area contributed by atoms with Crippen LogP contribution in [0.4, 0.5) is 17.1 Å². The molecule has 3 aromatic rings. The Kier molecular flexibility index (Phi) is 4.51. The SMILES string of the molecule is Cc1nc(-c2ccc3c(c2)/C(=C/c2cc([N+](=O)[O-])c(O)c([N+](=O)[O-])c2)C(=O)N3)cs1. The summed E-state index contributed by atoms with van der Waals surface area (Å²) in [5, 5.41) is 37.6. The monoisotopic (exact) mass is 424 g/mol. The Morgan fingerprint density at radius 2 is 1.80 bits per heavy atom. The van der Waals surface area contributed by atoms with Crippen molar-refractivity contribution in [3.8, 4) is 17.0 Å². The summed E-state index contributed by atoms with van der Waals surface area (Å²) in [5.41, 5.74) is 1.21. The number of hydrogen-bond donors (Lipinski definition) is 2. The van der Waals surface area contributed by atoms with E-state index in [1.54, 1.807) is 12.1 Å². The number of phenolic OH excluding ortho intramolecular Hbond substituents is 1. The molecule has 0 aliphatic carbocycles. The summed E-state index contributed by atoms with van der Waals surface area (Å²) < 4.78 is 0. The highest BCUT2D eigenvalue weighted by Gasteiger charge is 2.28. The zero-order chi connectivity index (χ0) is 21.6. The lowest BCUT2D eigenvalue weighted by atomic mass is 10.00. The van der Waals surface area contributed by atoms with Crippen LogP contribution >= 0.6 is 11.3 Å². The number of aromatic nitrogens is 1. The number of nitro benzene ring substituents is 2. The summed E-state index contributed by atoms with van der Waals surface area (Å²) in [7, 11) is 0. The Hall–Kier alpha value is -4.12. The average Bonchev–Trinajstić information content (AvgIpc) is 3.25. The Bertz CT molecular complexity index is 1240. The van der Waals surface area contributed by atoms with E-state index in [0.29, 0.717) is 11.3 Å². The van der Waals surface area contributed by atoms with Crippen molar-refractivity contribution in [2.24, 2.45) is 0 Å². The number of amides is 1. The zero-order valence-corrected chi connectivity index (χ0v) is 16.1. The van der Waals surface area contributed by atoms with Crippen LogP contribution in [0.5, 0.6) is 5.75 Å². The number of thiazole rings is 1. The first-order chi connectivity index (χ1) is 14.2. The van der Waals surface area contributed by atoms with Crippen LogP contribution in [-0.2, 0) is 4.79 Å². The van der Waals surface area contributed by atoms with Gasteiger partial charge in [-0.3, -0.25) is 25.0 Å². The molecule has 1 amide bonds. The number of carbonyl (C=O) groups is 1. The fraction of sp³-hybridized carbons (Fsp3) is 0.0526. The second kappa shape index (κ2) is 7.04. The van der Waals surface area contributed by atoms with Gasteiger partial charge in [-0.25, -0.2) is 4.98 Å².